The second-order valence-electron chi connectivity index (χ2n) is 9.05. The number of anilines is 2. The first-order valence-electron chi connectivity index (χ1n) is 11.7. The van der Waals surface area contributed by atoms with Crippen LogP contribution in [-0.2, 0) is 4.79 Å². The van der Waals surface area contributed by atoms with Crippen molar-refractivity contribution in [3.05, 3.63) is 74.7 Å². The Balaban J connectivity index is 1.89. The van der Waals surface area contributed by atoms with E-state index in [0.29, 0.717) is 16.3 Å². The molecule has 1 aliphatic carbocycles. The normalized spacial score (nSPS) is 14.4. The summed E-state index contributed by atoms with van der Waals surface area (Å²) in [6, 6.07) is 11.5. The quantitative estimate of drug-likeness (QED) is 0.416. The van der Waals surface area contributed by atoms with Gasteiger partial charge < -0.3 is 16.8 Å². The molecule has 0 saturated heterocycles. The minimum Gasteiger partial charge on any atom is -0.395 e. The van der Waals surface area contributed by atoms with Gasteiger partial charge in [-0.3, -0.25) is 19.3 Å². The highest BCUT2D eigenvalue weighted by atomic mass is 35.5. The predicted molar refractivity (Wildman–Crippen MR) is 142 cm³/mol. The number of carbonyl (C=O) groups is 3. The summed E-state index contributed by atoms with van der Waals surface area (Å²) in [6.07, 6.45) is 3.87. The van der Waals surface area contributed by atoms with Gasteiger partial charge in [-0.15, -0.1) is 0 Å². The highest BCUT2D eigenvalue weighted by Crippen LogP contribution is 2.36. The fourth-order valence-electron chi connectivity index (χ4n) is 4.50. The molecule has 3 aromatic rings. The highest BCUT2D eigenvalue weighted by molar-refractivity contribution is 7.09. The smallest absolute Gasteiger partial charge is 0.273 e. The number of nitrogens with zero attached hydrogens (tertiary/aromatic N) is 2. The van der Waals surface area contributed by atoms with Crippen molar-refractivity contribution in [2.45, 2.75) is 51.6 Å². The number of nitrogens with two attached hydrogens (primary N) is 2. The van der Waals surface area contributed by atoms with Crippen LogP contribution in [-0.4, -0.2) is 28.1 Å². The maximum Gasteiger partial charge on any atom is 0.273 e. The van der Waals surface area contributed by atoms with E-state index in [2.05, 4.69) is 9.69 Å². The van der Waals surface area contributed by atoms with E-state index in [1.54, 1.807) is 24.3 Å². The van der Waals surface area contributed by atoms with E-state index in [0.717, 1.165) is 48.3 Å². The van der Waals surface area contributed by atoms with E-state index >= 15 is 0 Å². The number of nitrogens with one attached hydrogen (secondary N) is 1. The van der Waals surface area contributed by atoms with Crippen molar-refractivity contribution < 1.29 is 14.4 Å². The van der Waals surface area contributed by atoms with Crippen molar-refractivity contribution in [2.75, 3.05) is 10.6 Å². The number of benzene rings is 2. The number of carbonyl (C=O) groups excluding carboxylic acids is 3. The van der Waals surface area contributed by atoms with Crippen LogP contribution in [0.4, 0.5) is 11.4 Å². The molecule has 1 fully saturated rings. The summed E-state index contributed by atoms with van der Waals surface area (Å²) in [5, 5.41) is 3.65. The number of hydrogen-bond acceptors (Lipinski definition) is 6. The van der Waals surface area contributed by atoms with Gasteiger partial charge in [-0.1, -0.05) is 48.7 Å². The average Bonchev–Trinajstić information content (AvgIpc) is 3.49. The summed E-state index contributed by atoms with van der Waals surface area (Å²) in [7, 11) is 0. The standard InChI is InChI=1S/C26H28ClN5O3S/c1-14-7-8-15(2)19(13-14)32(26(35)23-20(28)21(24(29)33)31-36-23)22(16-9-11-17(27)12-10-16)25(34)30-18-5-3-4-6-18/h7-13,18,22H,3-6,28H2,1-2H3,(H2,29,33)(H,30,34)/t22-/m1/s1. The van der Waals surface area contributed by atoms with Crippen LogP contribution in [0.3, 0.4) is 0 Å². The van der Waals surface area contributed by atoms with Gasteiger partial charge in [0.1, 0.15) is 10.9 Å². The molecule has 0 spiro atoms. The van der Waals surface area contributed by atoms with E-state index in [9.17, 15) is 14.4 Å². The molecule has 0 aliphatic heterocycles. The third-order valence-corrected chi connectivity index (χ3v) is 7.50. The molecule has 188 valence electrons. The Morgan fingerprint density at radius 2 is 1.78 bits per heavy atom. The number of amides is 3. The first-order chi connectivity index (χ1) is 17.2. The van der Waals surface area contributed by atoms with Crippen molar-refractivity contribution in [3.8, 4) is 0 Å². The van der Waals surface area contributed by atoms with Crippen molar-refractivity contribution in [1.29, 1.82) is 0 Å². The monoisotopic (exact) mass is 525 g/mol. The Labute approximate surface area is 218 Å². The summed E-state index contributed by atoms with van der Waals surface area (Å²) >= 11 is 6.93. The van der Waals surface area contributed by atoms with Crippen LogP contribution < -0.4 is 21.7 Å². The number of primary amides is 1. The van der Waals surface area contributed by atoms with E-state index in [1.165, 1.54) is 4.90 Å². The number of hydrogen-bond donors (Lipinski definition) is 3. The molecule has 0 bridgehead atoms. The lowest BCUT2D eigenvalue weighted by atomic mass is 10.00. The first-order valence-corrected chi connectivity index (χ1v) is 12.8. The van der Waals surface area contributed by atoms with Gasteiger partial charge in [-0.05, 0) is 73.1 Å². The Kier molecular flexibility index (Phi) is 7.61. The molecule has 1 heterocycles. The Bertz CT molecular complexity index is 1300. The number of halogens is 1. The Hall–Kier alpha value is -3.43. The molecule has 0 radical (unpaired) electrons. The molecular formula is C26H28ClN5O3S. The zero-order chi connectivity index (χ0) is 26.0. The minimum atomic E-state index is -1.02. The van der Waals surface area contributed by atoms with Crippen LogP contribution in [0.5, 0.6) is 0 Å². The van der Waals surface area contributed by atoms with Crippen LogP contribution >= 0.6 is 23.1 Å². The van der Waals surface area contributed by atoms with E-state index in [4.69, 9.17) is 23.1 Å². The molecule has 1 aliphatic rings. The van der Waals surface area contributed by atoms with Gasteiger partial charge in [0.15, 0.2) is 5.69 Å². The lowest BCUT2D eigenvalue weighted by Crippen LogP contribution is -2.46. The fraction of sp³-hybridized carbons (Fsp3) is 0.308. The van der Waals surface area contributed by atoms with Crippen molar-refractivity contribution in [1.82, 2.24) is 9.69 Å². The summed E-state index contributed by atoms with van der Waals surface area (Å²) in [4.78, 5) is 41.3. The van der Waals surface area contributed by atoms with Gasteiger partial charge in [0.05, 0.1) is 5.69 Å². The summed E-state index contributed by atoms with van der Waals surface area (Å²) in [6.45, 7) is 3.78. The summed E-state index contributed by atoms with van der Waals surface area (Å²) in [5.41, 5.74) is 14.1. The number of nitrogen functional groups attached to an aromatic ring is 1. The molecule has 2 aromatic carbocycles. The zero-order valence-corrected chi connectivity index (χ0v) is 21.7. The summed E-state index contributed by atoms with van der Waals surface area (Å²) in [5.74, 6) is -1.68. The molecular weight excluding hydrogens is 498 g/mol. The van der Waals surface area contributed by atoms with Crippen LogP contribution in [0.2, 0.25) is 5.02 Å². The van der Waals surface area contributed by atoms with Crippen LogP contribution in [0, 0.1) is 13.8 Å². The molecule has 8 nitrogen and oxygen atoms in total. The summed E-state index contributed by atoms with van der Waals surface area (Å²) < 4.78 is 4.00. The van der Waals surface area contributed by atoms with Gasteiger partial charge in [0.25, 0.3) is 11.8 Å². The molecule has 36 heavy (non-hydrogen) atoms. The van der Waals surface area contributed by atoms with Gasteiger partial charge in [-0.25, -0.2) is 0 Å². The second-order valence-corrected chi connectivity index (χ2v) is 10.3. The number of aromatic nitrogens is 1. The molecule has 4 rings (SSSR count). The molecule has 5 N–H and O–H groups in total. The molecule has 3 amide bonds. The largest absolute Gasteiger partial charge is 0.395 e. The Morgan fingerprint density at radius 3 is 2.39 bits per heavy atom. The highest BCUT2D eigenvalue weighted by Gasteiger charge is 2.37. The maximum absolute atomic E-state index is 14.1. The van der Waals surface area contributed by atoms with Gasteiger partial charge in [0, 0.05) is 16.8 Å². The van der Waals surface area contributed by atoms with Crippen molar-refractivity contribution in [2.24, 2.45) is 5.73 Å². The van der Waals surface area contributed by atoms with E-state index < -0.39 is 17.9 Å². The molecule has 1 atom stereocenters. The van der Waals surface area contributed by atoms with Gasteiger partial charge in [-0.2, -0.15) is 4.37 Å². The lowest BCUT2D eigenvalue weighted by molar-refractivity contribution is -0.123. The third kappa shape index (κ3) is 5.22. The molecule has 0 unspecified atom stereocenters. The third-order valence-electron chi connectivity index (χ3n) is 6.39. The minimum absolute atomic E-state index is 0.0392. The van der Waals surface area contributed by atoms with Crippen molar-refractivity contribution in [3.63, 3.8) is 0 Å². The maximum atomic E-state index is 14.1. The van der Waals surface area contributed by atoms with Crippen molar-refractivity contribution >= 4 is 52.2 Å². The Morgan fingerprint density at radius 1 is 1.11 bits per heavy atom. The van der Waals surface area contributed by atoms with Crippen LogP contribution in [0.15, 0.2) is 42.5 Å². The van der Waals surface area contributed by atoms with Gasteiger partial charge >= 0.3 is 0 Å². The first kappa shape index (κ1) is 25.7. The van der Waals surface area contributed by atoms with E-state index in [-0.39, 0.29) is 28.2 Å². The SMILES string of the molecule is Cc1ccc(C)c(N(C(=O)c2snc(C(N)=O)c2N)[C@@H](C(=O)NC2CCCC2)c2ccc(Cl)cc2)c1. The second kappa shape index (κ2) is 10.7. The molecule has 10 heteroatoms. The van der Waals surface area contributed by atoms with Gasteiger partial charge in [0.2, 0.25) is 5.91 Å². The van der Waals surface area contributed by atoms with Crippen LogP contribution in [0.25, 0.3) is 0 Å². The zero-order valence-electron chi connectivity index (χ0n) is 20.1. The van der Waals surface area contributed by atoms with Crippen LogP contribution in [0.1, 0.15) is 68.6 Å². The topological polar surface area (TPSA) is 131 Å². The lowest BCUT2D eigenvalue weighted by Gasteiger charge is -2.33. The number of rotatable bonds is 7. The fourth-order valence-corrected chi connectivity index (χ4v) is 5.36. The number of aryl methyl sites for hydroxylation is 2. The van der Waals surface area contributed by atoms with E-state index in [1.807, 2.05) is 32.0 Å². The molecule has 1 aromatic heterocycles. The predicted octanol–water partition coefficient (Wildman–Crippen LogP) is 4.54. The molecule has 1 saturated carbocycles. The average molecular weight is 526 g/mol.